The fourth-order valence-corrected chi connectivity index (χ4v) is 4.10. The molecule has 5 nitrogen and oxygen atoms in total. The Morgan fingerprint density at radius 3 is 2.81 bits per heavy atom. The van der Waals surface area contributed by atoms with E-state index in [4.69, 9.17) is 4.74 Å². The van der Waals surface area contributed by atoms with Crippen LogP contribution in [0.2, 0.25) is 0 Å². The van der Waals surface area contributed by atoms with Gasteiger partial charge in [-0.1, -0.05) is 0 Å². The van der Waals surface area contributed by atoms with Crippen molar-refractivity contribution in [3.8, 4) is 0 Å². The SMILES string of the molecule is C=Bc1cccc(Cn2cc(C(O)C3=CC=C(OC)CC3C)c(=O)c3ccccc32)n1. The van der Waals surface area contributed by atoms with Crippen LogP contribution in [-0.2, 0) is 11.3 Å². The van der Waals surface area contributed by atoms with Crippen molar-refractivity contribution in [2.75, 3.05) is 7.11 Å². The molecule has 2 atom stereocenters. The first kappa shape index (κ1) is 21.0. The van der Waals surface area contributed by atoms with Gasteiger partial charge in [0.15, 0.2) is 0 Å². The van der Waals surface area contributed by atoms with Crippen molar-refractivity contribution < 1.29 is 9.84 Å². The number of fused-ring (bicyclic) bond motifs is 1. The molecule has 0 amide bonds. The molecular weight excluding hydrogens is 387 g/mol. The number of hydrogen-bond acceptors (Lipinski definition) is 4. The van der Waals surface area contributed by atoms with Crippen LogP contribution in [0.5, 0.6) is 0 Å². The van der Waals surface area contributed by atoms with Crippen molar-refractivity contribution in [3.63, 3.8) is 0 Å². The van der Waals surface area contributed by atoms with Crippen LogP contribution in [0.15, 0.2) is 76.9 Å². The molecule has 0 saturated heterocycles. The molecule has 1 N–H and O–H groups in total. The number of hydrogen-bond donors (Lipinski definition) is 1. The fraction of sp³-hybridized carbons (Fsp3) is 0.240. The number of aliphatic hydroxyl groups is 1. The summed E-state index contributed by atoms with van der Waals surface area (Å²) >= 11 is 0. The maximum absolute atomic E-state index is 13.3. The number of methoxy groups -OCH3 is 1. The monoisotopic (exact) mass is 412 g/mol. The number of pyridine rings is 2. The molecule has 1 aromatic carbocycles. The Hall–Kier alpha value is -3.25. The molecule has 2 aromatic heterocycles. The van der Waals surface area contributed by atoms with E-state index in [1.165, 1.54) is 0 Å². The van der Waals surface area contributed by atoms with Gasteiger partial charge in [0, 0.05) is 0 Å². The van der Waals surface area contributed by atoms with Crippen molar-refractivity contribution in [1.29, 1.82) is 0 Å². The van der Waals surface area contributed by atoms with E-state index < -0.39 is 6.10 Å². The second kappa shape index (κ2) is 8.86. The quantitative estimate of drug-likeness (QED) is 0.633. The number of ether oxygens (including phenoxy) is 1. The molecule has 0 saturated carbocycles. The molecule has 0 spiro atoms. The summed E-state index contributed by atoms with van der Waals surface area (Å²) in [7, 11) is 1.64. The number of allylic oxidation sites excluding steroid dienone is 3. The number of rotatable bonds is 6. The number of benzene rings is 1. The zero-order valence-electron chi connectivity index (χ0n) is 17.8. The molecule has 0 fully saturated rings. The van der Waals surface area contributed by atoms with E-state index in [2.05, 4.69) is 11.5 Å². The first-order valence-electron chi connectivity index (χ1n) is 10.3. The topological polar surface area (TPSA) is 64.3 Å². The first-order chi connectivity index (χ1) is 15.0. The first-order valence-corrected chi connectivity index (χ1v) is 10.3. The number of aliphatic hydroxyl groups excluding tert-OH is 1. The molecule has 2 heterocycles. The fourth-order valence-electron chi connectivity index (χ4n) is 4.10. The Morgan fingerprint density at radius 2 is 2.06 bits per heavy atom. The van der Waals surface area contributed by atoms with E-state index in [1.807, 2.05) is 60.0 Å². The molecule has 0 bridgehead atoms. The van der Waals surface area contributed by atoms with Crippen LogP contribution >= 0.6 is 0 Å². The van der Waals surface area contributed by atoms with E-state index in [0.717, 1.165) is 28.1 Å². The second-order valence-corrected chi connectivity index (χ2v) is 7.83. The van der Waals surface area contributed by atoms with E-state index in [0.29, 0.717) is 23.9 Å². The molecule has 1 aliphatic carbocycles. The molecule has 3 aromatic rings. The molecule has 156 valence electrons. The Balaban J connectivity index is 1.82. The van der Waals surface area contributed by atoms with Gasteiger partial charge < -0.3 is 4.74 Å². The van der Waals surface area contributed by atoms with Crippen LogP contribution in [-0.4, -0.2) is 35.2 Å². The maximum atomic E-state index is 13.3. The molecule has 0 radical (unpaired) electrons. The van der Waals surface area contributed by atoms with Gasteiger partial charge in [0.1, 0.15) is 0 Å². The summed E-state index contributed by atoms with van der Waals surface area (Å²) < 4.78 is 7.32. The van der Waals surface area contributed by atoms with Crippen LogP contribution in [0.1, 0.15) is 30.7 Å². The predicted octanol–water partition coefficient (Wildman–Crippen LogP) is 2.74. The summed E-state index contributed by atoms with van der Waals surface area (Å²) in [5.41, 5.74) is 3.48. The summed E-state index contributed by atoms with van der Waals surface area (Å²) in [5, 5.41) is 11.8. The summed E-state index contributed by atoms with van der Waals surface area (Å²) in [4.78, 5) is 17.9. The van der Waals surface area contributed by atoms with Gasteiger partial charge in [-0.05, 0) is 0 Å². The molecule has 1 aliphatic rings. The van der Waals surface area contributed by atoms with Crippen molar-refractivity contribution in [2.24, 2.45) is 5.92 Å². The van der Waals surface area contributed by atoms with Gasteiger partial charge in [-0.25, -0.2) is 0 Å². The molecule has 0 aliphatic heterocycles. The molecular formula is C25H25BN2O3. The number of para-hydroxylation sites is 1. The Morgan fingerprint density at radius 1 is 1.26 bits per heavy atom. The van der Waals surface area contributed by atoms with Gasteiger partial charge in [0.25, 0.3) is 0 Å². The van der Waals surface area contributed by atoms with Gasteiger partial charge in [-0.3, -0.25) is 0 Å². The number of nitrogens with zero attached hydrogens (tertiary/aromatic N) is 2. The van der Waals surface area contributed by atoms with Gasteiger partial charge in [0.2, 0.25) is 0 Å². The van der Waals surface area contributed by atoms with Crippen LogP contribution in [0.4, 0.5) is 0 Å². The van der Waals surface area contributed by atoms with Gasteiger partial charge in [0.05, 0.1) is 7.11 Å². The van der Waals surface area contributed by atoms with E-state index >= 15 is 0 Å². The summed E-state index contributed by atoms with van der Waals surface area (Å²) in [6.07, 6.45) is 5.20. The van der Waals surface area contributed by atoms with E-state index in [1.54, 1.807) is 26.3 Å². The molecule has 31 heavy (non-hydrogen) atoms. The standard InChI is InChI=1S/C25H25BN2O3/c1-16-13-18(31-3)11-12-19(16)24(29)21-15-28(14-17-7-6-10-23(26-2)27-17)22-9-5-4-8-20(22)25(21)30/h4-12,15-16,24,29H,2,13-14H2,1,3H3. The second-order valence-electron chi connectivity index (χ2n) is 7.83. The summed E-state index contributed by atoms with van der Waals surface area (Å²) in [6.45, 7) is 8.00. The van der Waals surface area contributed by atoms with Crippen LogP contribution in [0.25, 0.3) is 10.9 Å². The van der Waals surface area contributed by atoms with E-state index in [-0.39, 0.29) is 11.3 Å². The molecule has 6 heteroatoms. The average Bonchev–Trinajstić information content (AvgIpc) is 2.80. The Labute approximate surface area is 182 Å². The third-order valence-corrected chi connectivity index (χ3v) is 5.80. The van der Waals surface area contributed by atoms with E-state index in [9.17, 15) is 9.90 Å². The van der Waals surface area contributed by atoms with Gasteiger partial charge in [-0.15, -0.1) is 0 Å². The van der Waals surface area contributed by atoms with Gasteiger partial charge >= 0.3 is 170 Å². The average molecular weight is 412 g/mol. The minimum absolute atomic E-state index is 0.0696. The Kier molecular flexibility index (Phi) is 6.00. The van der Waals surface area contributed by atoms with Crippen LogP contribution in [0, 0.1) is 5.92 Å². The minimum atomic E-state index is -0.986. The summed E-state index contributed by atoms with van der Waals surface area (Å²) in [6, 6.07) is 13.3. The van der Waals surface area contributed by atoms with Gasteiger partial charge in [-0.2, -0.15) is 0 Å². The Bertz CT molecular complexity index is 1260. The van der Waals surface area contributed by atoms with Crippen molar-refractivity contribution in [3.05, 3.63) is 93.6 Å². The third kappa shape index (κ3) is 4.16. The van der Waals surface area contributed by atoms with Crippen molar-refractivity contribution in [1.82, 2.24) is 9.55 Å². The predicted molar refractivity (Wildman–Crippen MR) is 126 cm³/mol. The van der Waals surface area contributed by atoms with Crippen LogP contribution in [0.3, 0.4) is 0 Å². The zero-order valence-corrected chi connectivity index (χ0v) is 17.8. The molecule has 4 rings (SSSR count). The van der Waals surface area contributed by atoms with Crippen molar-refractivity contribution >= 4 is 29.9 Å². The third-order valence-electron chi connectivity index (χ3n) is 5.80. The van der Waals surface area contributed by atoms with Crippen molar-refractivity contribution in [2.45, 2.75) is 26.0 Å². The molecule has 2 unspecified atom stereocenters. The van der Waals surface area contributed by atoms with Crippen LogP contribution < -0.4 is 11.0 Å². The zero-order chi connectivity index (χ0) is 22.0. The normalized spacial score (nSPS) is 16.9. The number of aromatic nitrogens is 2. The summed E-state index contributed by atoms with van der Waals surface area (Å²) in [5.74, 6) is 0.938.